The van der Waals surface area contributed by atoms with E-state index >= 15 is 0 Å². The second kappa shape index (κ2) is 9.26. The van der Waals surface area contributed by atoms with E-state index in [1.54, 1.807) is 71.7 Å². The third-order valence-electron chi connectivity index (χ3n) is 5.58. The molecule has 0 aliphatic rings. The Hall–Kier alpha value is -4.34. The minimum atomic E-state index is -0.430. The molecular formula is C24H23FN6O3. The Morgan fingerprint density at radius 1 is 1.03 bits per heavy atom. The summed E-state index contributed by atoms with van der Waals surface area (Å²) in [6.45, 7) is 5.71. The highest BCUT2D eigenvalue weighted by atomic mass is 19.1. The molecule has 0 saturated heterocycles. The van der Waals surface area contributed by atoms with E-state index in [1.165, 1.54) is 6.07 Å². The van der Waals surface area contributed by atoms with Crippen LogP contribution in [0.4, 0.5) is 15.9 Å². The summed E-state index contributed by atoms with van der Waals surface area (Å²) in [6, 6.07) is 15.1. The summed E-state index contributed by atoms with van der Waals surface area (Å²) < 4.78 is 17.2. The van der Waals surface area contributed by atoms with E-state index in [2.05, 4.69) is 15.5 Å². The maximum absolute atomic E-state index is 13.9. The zero-order valence-electron chi connectivity index (χ0n) is 18.9. The summed E-state index contributed by atoms with van der Waals surface area (Å²) in [5.74, 6) is -0.264. The number of hydrogen-bond donors (Lipinski definition) is 1. The van der Waals surface area contributed by atoms with Crippen LogP contribution >= 0.6 is 0 Å². The highest BCUT2D eigenvalue weighted by Crippen LogP contribution is 2.22. The molecule has 2 aromatic carbocycles. The lowest BCUT2D eigenvalue weighted by atomic mass is 10.1. The Labute approximate surface area is 195 Å². The summed E-state index contributed by atoms with van der Waals surface area (Å²) in [5.41, 5.74) is 3.43. The van der Waals surface area contributed by atoms with Crippen LogP contribution in [-0.4, -0.2) is 30.4 Å². The van der Waals surface area contributed by atoms with Crippen molar-refractivity contribution in [3.8, 4) is 0 Å². The van der Waals surface area contributed by atoms with Crippen molar-refractivity contribution >= 4 is 17.4 Å². The van der Waals surface area contributed by atoms with Gasteiger partial charge in [0, 0.05) is 22.9 Å². The molecule has 1 amide bonds. The predicted octanol–water partition coefficient (Wildman–Crippen LogP) is 4.40. The number of amides is 1. The van der Waals surface area contributed by atoms with E-state index in [9.17, 15) is 19.3 Å². The largest absolute Gasteiger partial charge is 0.312 e. The van der Waals surface area contributed by atoms with Crippen molar-refractivity contribution in [3.05, 3.63) is 104 Å². The summed E-state index contributed by atoms with van der Waals surface area (Å²) in [4.78, 5) is 23.4. The first kappa shape index (κ1) is 22.8. The van der Waals surface area contributed by atoms with Crippen LogP contribution < -0.4 is 5.32 Å². The molecule has 0 atom stereocenters. The molecule has 4 aromatic rings. The van der Waals surface area contributed by atoms with E-state index in [1.807, 2.05) is 6.92 Å². The topological polar surface area (TPSA) is 108 Å². The maximum atomic E-state index is 13.9. The van der Waals surface area contributed by atoms with Gasteiger partial charge in [0.1, 0.15) is 17.2 Å². The molecule has 0 radical (unpaired) electrons. The minimum absolute atomic E-state index is 0.0146. The van der Waals surface area contributed by atoms with Gasteiger partial charge in [-0.2, -0.15) is 10.2 Å². The van der Waals surface area contributed by atoms with Crippen LogP contribution in [0.2, 0.25) is 0 Å². The Morgan fingerprint density at radius 3 is 2.38 bits per heavy atom. The number of carbonyl (C=O) groups excluding carboxylic acids is 1. The van der Waals surface area contributed by atoms with Crippen molar-refractivity contribution in [1.82, 2.24) is 19.6 Å². The van der Waals surface area contributed by atoms with Crippen LogP contribution in [0.15, 0.2) is 54.6 Å². The number of benzene rings is 2. The third kappa shape index (κ3) is 4.70. The Balaban J connectivity index is 1.43. The standard InChI is InChI=1S/C24H23FN6O3/c1-15-12-22(28-29(15)14-20-6-4-5-7-21(20)25)26-24(32)19-10-8-18(9-11-19)13-30-17(3)23(31(33)34)16(2)27-30/h4-12H,13-14H2,1-3H3,(H,26,28,32). The van der Waals surface area contributed by atoms with Gasteiger partial charge in [0.25, 0.3) is 5.91 Å². The molecule has 34 heavy (non-hydrogen) atoms. The first-order valence-corrected chi connectivity index (χ1v) is 10.6. The molecule has 0 spiro atoms. The summed E-state index contributed by atoms with van der Waals surface area (Å²) >= 11 is 0. The number of nitro groups is 1. The normalized spacial score (nSPS) is 10.9. The average molecular weight is 462 g/mol. The van der Waals surface area contributed by atoms with E-state index in [0.29, 0.717) is 34.9 Å². The van der Waals surface area contributed by atoms with Crippen molar-refractivity contribution < 1.29 is 14.1 Å². The van der Waals surface area contributed by atoms with E-state index in [-0.39, 0.29) is 24.0 Å². The van der Waals surface area contributed by atoms with Gasteiger partial charge in [-0.3, -0.25) is 24.3 Å². The first-order chi connectivity index (χ1) is 16.2. The van der Waals surface area contributed by atoms with Crippen LogP contribution in [0.3, 0.4) is 0 Å². The fraction of sp³-hybridized carbons (Fsp3) is 0.208. The van der Waals surface area contributed by atoms with Gasteiger partial charge >= 0.3 is 5.69 Å². The molecule has 0 saturated carbocycles. The Kier molecular flexibility index (Phi) is 6.22. The van der Waals surface area contributed by atoms with Gasteiger partial charge in [0.05, 0.1) is 18.0 Å². The zero-order chi connectivity index (χ0) is 24.4. The fourth-order valence-electron chi connectivity index (χ4n) is 3.75. The molecular weight excluding hydrogens is 439 g/mol. The fourth-order valence-corrected chi connectivity index (χ4v) is 3.75. The lowest BCUT2D eigenvalue weighted by molar-refractivity contribution is -0.386. The second-order valence-electron chi connectivity index (χ2n) is 8.01. The molecule has 1 N–H and O–H groups in total. The van der Waals surface area contributed by atoms with Crippen molar-refractivity contribution in [1.29, 1.82) is 0 Å². The lowest BCUT2D eigenvalue weighted by Gasteiger charge is -2.07. The van der Waals surface area contributed by atoms with E-state index < -0.39 is 4.92 Å². The Morgan fingerprint density at radius 2 is 1.74 bits per heavy atom. The summed E-state index contributed by atoms with van der Waals surface area (Å²) in [7, 11) is 0. The van der Waals surface area contributed by atoms with Gasteiger partial charge in [-0.25, -0.2) is 4.39 Å². The number of nitrogens with one attached hydrogen (secondary N) is 1. The molecule has 0 aliphatic carbocycles. The van der Waals surface area contributed by atoms with Gasteiger partial charge in [0.15, 0.2) is 5.82 Å². The average Bonchev–Trinajstić information content (AvgIpc) is 3.27. The van der Waals surface area contributed by atoms with Crippen LogP contribution in [0, 0.1) is 36.7 Å². The third-order valence-corrected chi connectivity index (χ3v) is 5.58. The number of aryl methyl sites for hydroxylation is 2. The molecule has 4 rings (SSSR count). The van der Waals surface area contributed by atoms with Crippen LogP contribution in [0.25, 0.3) is 0 Å². The monoisotopic (exact) mass is 462 g/mol. The quantitative estimate of drug-likeness (QED) is 0.323. The maximum Gasteiger partial charge on any atom is 0.312 e. The molecule has 2 heterocycles. The molecule has 2 aromatic heterocycles. The molecule has 0 bridgehead atoms. The molecule has 0 unspecified atom stereocenters. The van der Waals surface area contributed by atoms with Crippen molar-refractivity contribution in [2.75, 3.05) is 5.32 Å². The number of hydrogen-bond acceptors (Lipinski definition) is 5. The SMILES string of the molecule is Cc1nn(Cc2ccc(C(=O)Nc3cc(C)n(Cc4ccccc4F)n3)cc2)c(C)c1[N+](=O)[O-]. The number of anilines is 1. The van der Waals surface area contributed by atoms with Gasteiger partial charge in [0.2, 0.25) is 0 Å². The number of aromatic nitrogens is 4. The van der Waals surface area contributed by atoms with Crippen LogP contribution in [-0.2, 0) is 13.1 Å². The molecule has 0 aliphatic heterocycles. The van der Waals surface area contributed by atoms with Crippen molar-refractivity contribution in [2.24, 2.45) is 0 Å². The van der Waals surface area contributed by atoms with Gasteiger partial charge in [-0.1, -0.05) is 30.3 Å². The summed E-state index contributed by atoms with van der Waals surface area (Å²) in [5, 5.41) is 22.6. The summed E-state index contributed by atoms with van der Waals surface area (Å²) in [6.07, 6.45) is 0. The van der Waals surface area contributed by atoms with Crippen molar-refractivity contribution in [2.45, 2.75) is 33.9 Å². The molecule has 10 heteroatoms. The second-order valence-corrected chi connectivity index (χ2v) is 8.01. The van der Waals surface area contributed by atoms with Gasteiger partial charge in [-0.15, -0.1) is 0 Å². The van der Waals surface area contributed by atoms with Crippen molar-refractivity contribution in [3.63, 3.8) is 0 Å². The van der Waals surface area contributed by atoms with Gasteiger partial charge < -0.3 is 5.32 Å². The Bertz CT molecular complexity index is 1370. The molecule has 0 fully saturated rings. The number of carbonyl (C=O) groups is 1. The van der Waals surface area contributed by atoms with E-state index in [0.717, 1.165) is 11.3 Å². The van der Waals surface area contributed by atoms with Crippen LogP contribution in [0.5, 0.6) is 0 Å². The zero-order valence-corrected chi connectivity index (χ0v) is 18.9. The minimum Gasteiger partial charge on any atom is -0.305 e. The lowest BCUT2D eigenvalue weighted by Crippen LogP contribution is -2.13. The number of rotatable bonds is 7. The highest BCUT2D eigenvalue weighted by Gasteiger charge is 2.21. The number of nitrogens with zero attached hydrogens (tertiary/aromatic N) is 5. The van der Waals surface area contributed by atoms with Gasteiger partial charge in [-0.05, 0) is 44.5 Å². The first-order valence-electron chi connectivity index (χ1n) is 10.6. The number of halogens is 1. The highest BCUT2D eigenvalue weighted by molar-refractivity contribution is 6.03. The predicted molar refractivity (Wildman–Crippen MR) is 124 cm³/mol. The van der Waals surface area contributed by atoms with E-state index in [4.69, 9.17) is 0 Å². The molecule has 174 valence electrons. The van der Waals surface area contributed by atoms with Crippen LogP contribution in [0.1, 0.15) is 38.6 Å². The smallest absolute Gasteiger partial charge is 0.305 e. The molecule has 9 nitrogen and oxygen atoms in total.